The molecule has 2 nitrogen and oxygen atoms in total. The van der Waals surface area contributed by atoms with E-state index in [0.29, 0.717) is 11.3 Å². The second-order valence-electron chi connectivity index (χ2n) is 4.06. The van der Waals surface area contributed by atoms with Gasteiger partial charge in [0.25, 0.3) is 0 Å². The van der Waals surface area contributed by atoms with Crippen LogP contribution in [-0.4, -0.2) is 34.3 Å². The van der Waals surface area contributed by atoms with E-state index in [1.807, 2.05) is 11.8 Å². The monoisotopic (exact) mass is 189 g/mol. The van der Waals surface area contributed by atoms with Crippen molar-refractivity contribution in [2.24, 2.45) is 0 Å². The highest BCUT2D eigenvalue weighted by molar-refractivity contribution is 8.00. The van der Waals surface area contributed by atoms with Gasteiger partial charge >= 0.3 is 0 Å². The van der Waals surface area contributed by atoms with Crippen LogP contribution in [0.15, 0.2) is 0 Å². The third kappa shape index (κ3) is 2.38. The minimum absolute atomic E-state index is 0.00174. The van der Waals surface area contributed by atoms with E-state index in [-0.39, 0.29) is 12.1 Å². The smallest absolute Gasteiger partial charge is 0.0621 e. The van der Waals surface area contributed by atoms with Crippen molar-refractivity contribution in [3.8, 4) is 0 Å². The Morgan fingerprint density at radius 3 is 2.67 bits per heavy atom. The number of hydrogen-bond acceptors (Lipinski definition) is 3. The zero-order valence-electron chi connectivity index (χ0n) is 8.13. The van der Waals surface area contributed by atoms with Crippen molar-refractivity contribution < 1.29 is 5.11 Å². The molecule has 1 saturated heterocycles. The number of aliphatic hydroxyl groups excluding tert-OH is 1. The molecule has 1 aliphatic heterocycles. The minimum atomic E-state index is -0.00174. The summed E-state index contributed by atoms with van der Waals surface area (Å²) in [6, 6.07) is 0.461. The van der Waals surface area contributed by atoms with Crippen LogP contribution in [0.5, 0.6) is 0 Å². The summed E-state index contributed by atoms with van der Waals surface area (Å²) in [4.78, 5) is 0. The first kappa shape index (κ1) is 10.4. The van der Waals surface area contributed by atoms with E-state index < -0.39 is 0 Å². The van der Waals surface area contributed by atoms with Crippen molar-refractivity contribution in [1.29, 1.82) is 0 Å². The van der Waals surface area contributed by atoms with Gasteiger partial charge in [-0.25, -0.2) is 0 Å². The highest BCUT2D eigenvalue weighted by Gasteiger charge is 2.37. The maximum absolute atomic E-state index is 9.31. The summed E-state index contributed by atoms with van der Waals surface area (Å²) in [5.41, 5.74) is -0.00174. The van der Waals surface area contributed by atoms with Crippen LogP contribution >= 0.6 is 11.8 Å². The normalized spacial score (nSPS) is 36.2. The van der Waals surface area contributed by atoms with Crippen molar-refractivity contribution in [3.05, 3.63) is 0 Å². The second-order valence-corrected chi connectivity index (χ2v) is 5.49. The summed E-state index contributed by atoms with van der Waals surface area (Å²) in [5, 5.41) is 13.5. The zero-order chi connectivity index (χ0) is 9.19. The molecule has 0 bridgehead atoms. The molecule has 0 amide bonds. The van der Waals surface area contributed by atoms with Crippen LogP contribution in [0.1, 0.15) is 27.2 Å². The summed E-state index contributed by atoms with van der Waals surface area (Å²) in [6.07, 6.45) is 1.09. The first-order valence-electron chi connectivity index (χ1n) is 4.58. The van der Waals surface area contributed by atoms with Crippen molar-refractivity contribution in [3.63, 3.8) is 0 Å². The summed E-state index contributed by atoms with van der Waals surface area (Å²) in [5.74, 6) is 1.04. The Bertz CT molecular complexity index is 151. The van der Waals surface area contributed by atoms with Crippen molar-refractivity contribution in [2.45, 2.75) is 44.0 Å². The minimum Gasteiger partial charge on any atom is -0.394 e. The van der Waals surface area contributed by atoms with E-state index in [9.17, 15) is 5.11 Å². The Morgan fingerprint density at radius 1 is 1.67 bits per heavy atom. The van der Waals surface area contributed by atoms with Crippen molar-refractivity contribution in [2.75, 3.05) is 12.4 Å². The van der Waals surface area contributed by atoms with E-state index in [1.165, 1.54) is 0 Å². The van der Waals surface area contributed by atoms with Gasteiger partial charge in [-0.15, -0.1) is 0 Å². The van der Waals surface area contributed by atoms with Gasteiger partial charge in [0.2, 0.25) is 0 Å². The van der Waals surface area contributed by atoms with Crippen LogP contribution in [0, 0.1) is 0 Å². The van der Waals surface area contributed by atoms with Crippen LogP contribution < -0.4 is 5.32 Å². The summed E-state index contributed by atoms with van der Waals surface area (Å²) in [7, 11) is 0. The highest BCUT2D eigenvalue weighted by Crippen LogP contribution is 2.34. The molecule has 2 unspecified atom stereocenters. The van der Waals surface area contributed by atoms with Gasteiger partial charge < -0.3 is 10.4 Å². The molecule has 1 heterocycles. The van der Waals surface area contributed by atoms with Crippen LogP contribution in [0.3, 0.4) is 0 Å². The standard InChI is InChI=1S/C9H19NOS/c1-7(2)10-9(5-11)4-8(3)12-6-9/h7-8,10-11H,4-6H2,1-3H3. The predicted molar refractivity (Wildman–Crippen MR) is 54.6 cm³/mol. The van der Waals surface area contributed by atoms with Crippen molar-refractivity contribution in [1.82, 2.24) is 5.32 Å². The fraction of sp³-hybridized carbons (Fsp3) is 1.00. The number of rotatable bonds is 3. The average Bonchev–Trinajstić information content (AvgIpc) is 2.32. The SMILES string of the molecule is CC(C)NC1(CO)CSC(C)C1. The molecule has 0 aromatic rings. The number of nitrogens with one attached hydrogen (secondary N) is 1. The third-order valence-corrected chi connectivity index (χ3v) is 3.67. The van der Waals surface area contributed by atoms with Gasteiger partial charge in [-0.3, -0.25) is 0 Å². The molecule has 1 fully saturated rings. The molecule has 0 aliphatic carbocycles. The Balaban J connectivity index is 2.52. The molecule has 72 valence electrons. The van der Waals surface area contributed by atoms with Crippen LogP contribution in [-0.2, 0) is 0 Å². The number of hydrogen-bond donors (Lipinski definition) is 2. The summed E-state index contributed by atoms with van der Waals surface area (Å²) < 4.78 is 0. The van der Waals surface area contributed by atoms with E-state index in [4.69, 9.17) is 0 Å². The molecule has 3 heteroatoms. The van der Waals surface area contributed by atoms with Gasteiger partial charge in [0.1, 0.15) is 0 Å². The Hall–Kier alpha value is 0.270. The second kappa shape index (κ2) is 3.99. The number of aliphatic hydroxyl groups is 1. The molecule has 0 aromatic heterocycles. The lowest BCUT2D eigenvalue weighted by Gasteiger charge is -2.30. The molecule has 0 aromatic carbocycles. The molecule has 1 aliphatic rings. The molecule has 12 heavy (non-hydrogen) atoms. The van der Waals surface area contributed by atoms with E-state index >= 15 is 0 Å². The van der Waals surface area contributed by atoms with Gasteiger partial charge in [0.05, 0.1) is 12.1 Å². The average molecular weight is 189 g/mol. The topological polar surface area (TPSA) is 32.3 Å². The molecule has 0 radical (unpaired) electrons. The van der Waals surface area contributed by atoms with Gasteiger partial charge in [-0.2, -0.15) is 11.8 Å². The molecule has 2 N–H and O–H groups in total. The lowest BCUT2D eigenvalue weighted by molar-refractivity contribution is 0.167. The molecule has 2 atom stereocenters. The zero-order valence-corrected chi connectivity index (χ0v) is 8.95. The van der Waals surface area contributed by atoms with Gasteiger partial charge in [0, 0.05) is 17.0 Å². The number of thioether (sulfide) groups is 1. The van der Waals surface area contributed by atoms with Crippen LogP contribution in [0.4, 0.5) is 0 Å². The Morgan fingerprint density at radius 2 is 2.33 bits per heavy atom. The first-order valence-corrected chi connectivity index (χ1v) is 5.63. The fourth-order valence-corrected chi connectivity index (χ4v) is 3.17. The molecule has 0 saturated carbocycles. The quantitative estimate of drug-likeness (QED) is 0.700. The predicted octanol–water partition coefficient (Wildman–Crippen LogP) is 1.24. The Kier molecular flexibility index (Phi) is 3.44. The van der Waals surface area contributed by atoms with Gasteiger partial charge in [0.15, 0.2) is 0 Å². The van der Waals surface area contributed by atoms with E-state index in [1.54, 1.807) is 0 Å². The lowest BCUT2D eigenvalue weighted by Crippen LogP contribution is -2.51. The largest absolute Gasteiger partial charge is 0.394 e. The highest BCUT2D eigenvalue weighted by atomic mass is 32.2. The van der Waals surface area contributed by atoms with E-state index in [2.05, 4.69) is 26.1 Å². The van der Waals surface area contributed by atoms with Crippen LogP contribution in [0.2, 0.25) is 0 Å². The van der Waals surface area contributed by atoms with Gasteiger partial charge in [-0.05, 0) is 6.42 Å². The molecule has 1 rings (SSSR count). The summed E-state index contributed by atoms with van der Waals surface area (Å²) >= 11 is 1.95. The van der Waals surface area contributed by atoms with E-state index in [0.717, 1.165) is 12.2 Å². The fourth-order valence-electron chi connectivity index (χ4n) is 1.84. The van der Waals surface area contributed by atoms with Crippen LogP contribution in [0.25, 0.3) is 0 Å². The maximum Gasteiger partial charge on any atom is 0.0621 e. The molecule has 0 spiro atoms. The van der Waals surface area contributed by atoms with Gasteiger partial charge in [-0.1, -0.05) is 20.8 Å². The summed E-state index contributed by atoms with van der Waals surface area (Å²) in [6.45, 7) is 6.75. The molecular formula is C9H19NOS. The molecular weight excluding hydrogens is 170 g/mol. The Labute approximate surface area is 79.1 Å². The van der Waals surface area contributed by atoms with Crippen molar-refractivity contribution >= 4 is 11.8 Å². The first-order chi connectivity index (χ1) is 5.58. The third-order valence-electron chi connectivity index (χ3n) is 2.22. The maximum atomic E-state index is 9.31. The lowest BCUT2D eigenvalue weighted by atomic mass is 9.96.